The molecule has 0 fully saturated rings. The number of hydrogen-bond acceptors (Lipinski definition) is 3. The van der Waals surface area contributed by atoms with Crippen LogP contribution in [0.25, 0.3) is 0 Å². The maximum atomic E-state index is 12.3. The Morgan fingerprint density at radius 1 is 1.25 bits per heavy atom. The maximum Gasteiger partial charge on any atom is 0.418 e. The lowest BCUT2D eigenvalue weighted by Gasteiger charge is -2.17. The first-order chi connectivity index (χ1) is 7.14. The molecule has 0 aliphatic rings. The van der Waals surface area contributed by atoms with E-state index in [0.717, 1.165) is 18.4 Å². The van der Waals surface area contributed by atoms with E-state index in [1.807, 2.05) is 0 Å². The molecule has 0 aliphatic heterocycles. The number of benzene rings is 1. The topological polar surface area (TPSA) is 54.4 Å². The Kier molecular flexibility index (Phi) is 3.30. The molecule has 7 heteroatoms. The number of aliphatic hydroxyl groups excluding tert-OH is 1. The summed E-state index contributed by atoms with van der Waals surface area (Å²) in [6, 6.07) is 4.50. The Hall–Kier alpha value is -1.08. The van der Waals surface area contributed by atoms with Crippen molar-refractivity contribution in [2.45, 2.75) is 17.2 Å². The van der Waals surface area contributed by atoms with Gasteiger partial charge in [0.05, 0.1) is 4.90 Å². The van der Waals surface area contributed by atoms with Crippen molar-refractivity contribution in [3.63, 3.8) is 0 Å². The summed E-state index contributed by atoms with van der Waals surface area (Å²) < 4.78 is 59.2. The lowest BCUT2D eigenvalue weighted by atomic mass is 10.1. The molecule has 1 N–H and O–H groups in total. The Morgan fingerprint density at radius 2 is 1.75 bits per heavy atom. The van der Waals surface area contributed by atoms with Crippen molar-refractivity contribution >= 4 is 9.84 Å². The number of halogens is 3. The highest BCUT2D eigenvalue weighted by Gasteiger charge is 2.41. The predicted octanol–water partition coefficient (Wildman–Crippen LogP) is 1.69. The molecule has 0 aromatic heterocycles. The lowest BCUT2D eigenvalue weighted by Crippen LogP contribution is -2.22. The molecule has 0 saturated heterocycles. The van der Waals surface area contributed by atoms with E-state index < -0.39 is 32.6 Å². The summed E-state index contributed by atoms with van der Waals surface area (Å²) in [5.74, 6) is 0. The molecule has 1 aromatic carbocycles. The second-order valence-corrected chi connectivity index (χ2v) is 5.24. The zero-order valence-electron chi connectivity index (χ0n) is 8.19. The highest BCUT2D eigenvalue weighted by molar-refractivity contribution is 7.90. The van der Waals surface area contributed by atoms with Gasteiger partial charge in [0, 0.05) is 11.8 Å². The number of alkyl halides is 3. The second kappa shape index (κ2) is 4.06. The van der Waals surface area contributed by atoms with E-state index in [1.54, 1.807) is 0 Å². The van der Waals surface area contributed by atoms with E-state index in [4.69, 9.17) is 5.11 Å². The third kappa shape index (κ3) is 2.73. The lowest BCUT2D eigenvalue weighted by molar-refractivity contribution is -0.207. The summed E-state index contributed by atoms with van der Waals surface area (Å²) in [6.45, 7) is 0. The molecule has 0 aliphatic carbocycles. The molecule has 0 unspecified atom stereocenters. The number of aliphatic hydroxyl groups is 1. The summed E-state index contributed by atoms with van der Waals surface area (Å²) in [5, 5.41) is 9.01. The van der Waals surface area contributed by atoms with Crippen LogP contribution in [-0.4, -0.2) is 26.0 Å². The molecule has 1 atom stereocenters. The van der Waals surface area contributed by atoms with E-state index in [2.05, 4.69) is 0 Å². The number of sulfone groups is 1. The first-order valence-electron chi connectivity index (χ1n) is 4.18. The summed E-state index contributed by atoms with van der Waals surface area (Å²) in [5.41, 5.74) is -0.655. The first kappa shape index (κ1) is 13.0. The Balaban J connectivity index is 3.36. The Labute approximate surface area is 90.4 Å². The monoisotopic (exact) mass is 254 g/mol. The molecule has 16 heavy (non-hydrogen) atoms. The minimum atomic E-state index is -4.89. The third-order valence-electron chi connectivity index (χ3n) is 1.92. The van der Waals surface area contributed by atoms with E-state index in [1.165, 1.54) is 12.1 Å². The van der Waals surface area contributed by atoms with Gasteiger partial charge >= 0.3 is 6.18 Å². The van der Waals surface area contributed by atoms with Crippen molar-refractivity contribution in [3.8, 4) is 0 Å². The van der Waals surface area contributed by atoms with Crippen molar-refractivity contribution in [1.29, 1.82) is 0 Å². The van der Waals surface area contributed by atoms with Crippen LogP contribution in [0.15, 0.2) is 29.2 Å². The van der Waals surface area contributed by atoms with Crippen molar-refractivity contribution in [2.24, 2.45) is 0 Å². The average Bonchev–Trinajstić information content (AvgIpc) is 2.14. The van der Waals surface area contributed by atoms with Gasteiger partial charge in [0.25, 0.3) is 0 Å². The van der Waals surface area contributed by atoms with Crippen molar-refractivity contribution < 1.29 is 26.7 Å². The normalized spacial score (nSPS) is 14.8. The van der Waals surface area contributed by atoms with Gasteiger partial charge in [0.15, 0.2) is 15.9 Å². The molecule has 90 valence electrons. The van der Waals surface area contributed by atoms with Gasteiger partial charge in [0.2, 0.25) is 0 Å². The zero-order chi connectivity index (χ0) is 12.6. The Bertz CT molecular complexity index is 479. The van der Waals surface area contributed by atoms with Crippen LogP contribution in [0.3, 0.4) is 0 Å². The Morgan fingerprint density at radius 3 is 2.19 bits per heavy atom. The number of hydrogen-bond donors (Lipinski definition) is 1. The quantitative estimate of drug-likeness (QED) is 0.873. The molecule has 1 aromatic rings. The van der Waals surface area contributed by atoms with Crippen LogP contribution in [0.2, 0.25) is 0 Å². The SMILES string of the molecule is CS(=O)(=O)c1ccccc1[C@@H](O)C(F)(F)F. The predicted molar refractivity (Wildman–Crippen MR) is 50.6 cm³/mol. The summed E-state index contributed by atoms with van der Waals surface area (Å²) in [6.07, 6.45) is -6.89. The van der Waals surface area contributed by atoms with E-state index in [-0.39, 0.29) is 0 Å². The van der Waals surface area contributed by atoms with Gasteiger partial charge in [-0.2, -0.15) is 13.2 Å². The van der Waals surface area contributed by atoms with Crippen LogP contribution in [0, 0.1) is 0 Å². The molecule has 0 spiro atoms. The average molecular weight is 254 g/mol. The van der Waals surface area contributed by atoms with Gasteiger partial charge in [0.1, 0.15) is 0 Å². The van der Waals surface area contributed by atoms with Crippen molar-refractivity contribution in [3.05, 3.63) is 29.8 Å². The first-order valence-corrected chi connectivity index (χ1v) is 6.07. The minimum absolute atomic E-state index is 0.514. The fourth-order valence-electron chi connectivity index (χ4n) is 1.22. The van der Waals surface area contributed by atoms with E-state index in [0.29, 0.717) is 0 Å². The standard InChI is InChI=1S/C9H9F3O3S/c1-16(14,15)7-5-3-2-4-6(7)8(13)9(10,11)12/h2-5,8,13H,1H3/t8-/m1/s1. The third-order valence-corrected chi connectivity index (χ3v) is 3.09. The highest BCUT2D eigenvalue weighted by atomic mass is 32.2. The van der Waals surface area contributed by atoms with Crippen LogP contribution in [0.1, 0.15) is 11.7 Å². The summed E-state index contributed by atoms with van der Waals surface area (Å²) in [7, 11) is -3.80. The second-order valence-electron chi connectivity index (χ2n) is 3.25. The van der Waals surface area contributed by atoms with Crippen LogP contribution in [0.4, 0.5) is 13.2 Å². The van der Waals surface area contributed by atoms with E-state index >= 15 is 0 Å². The van der Waals surface area contributed by atoms with Crippen LogP contribution in [0.5, 0.6) is 0 Å². The molecular formula is C9H9F3O3S. The molecule has 3 nitrogen and oxygen atoms in total. The molecular weight excluding hydrogens is 245 g/mol. The summed E-state index contributed by atoms with van der Waals surface area (Å²) >= 11 is 0. The van der Waals surface area contributed by atoms with Crippen LogP contribution in [-0.2, 0) is 9.84 Å². The van der Waals surface area contributed by atoms with Gasteiger partial charge in [-0.1, -0.05) is 18.2 Å². The van der Waals surface area contributed by atoms with Crippen LogP contribution >= 0.6 is 0 Å². The smallest absolute Gasteiger partial charge is 0.379 e. The highest BCUT2D eigenvalue weighted by Crippen LogP contribution is 2.35. The van der Waals surface area contributed by atoms with Gasteiger partial charge in [-0.05, 0) is 6.07 Å². The van der Waals surface area contributed by atoms with Crippen LogP contribution < -0.4 is 0 Å². The molecule has 0 bridgehead atoms. The molecule has 1 rings (SSSR count). The van der Waals surface area contributed by atoms with Gasteiger partial charge in [-0.15, -0.1) is 0 Å². The molecule has 0 heterocycles. The van der Waals surface area contributed by atoms with Crippen molar-refractivity contribution in [2.75, 3.05) is 6.26 Å². The fourth-order valence-corrected chi connectivity index (χ4v) is 2.15. The molecule has 0 amide bonds. The minimum Gasteiger partial charge on any atom is -0.379 e. The van der Waals surface area contributed by atoms with Gasteiger partial charge in [-0.25, -0.2) is 8.42 Å². The maximum absolute atomic E-state index is 12.3. The zero-order valence-corrected chi connectivity index (χ0v) is 9.01. The number of rotatable bonds is 2. The van der Waals surface area contributed by atoms with Gasteiger partial charge < -0.3 is 5.11 Å². The van der Waals surface area contributed by atoms with Crippen molar-refractivity contribution in [1.82, 2.24) is 0 Å². The fraction of sp³-hybridized carbons (Fsp3) is 0.333. The largest absolute Gasteiger partial charge is 0.418 e. The van der Waals surface area contributed by atoms with E-state index in [9.17, 15) is 21.6 Å². The molecule has 0 radical (unpaired) electrons. The molecule has 0 saturated carbocycles. The summed E-state index contributed by atoms with van der Waals surface area (Å²) in [4.78, 5) is -0.514. The van der Waals surface area contributed by atoms with Gasteiger partial charge in [-0.3, -0.25) is 0 Å².